The van der Waals surface area contributed by atoms with E-state index in [9.17, 15) is 0 Å². The first kappa shape index (κ1) is 16.7. The Hall–Kier alpha value is -0.320. The predicted octanol–water partition coefficient (Wildman–Crippen LogP) is -0.297. The van der Waals surface area contributed by atoms with Crippen LogP contribution in [-0.2, 0) is 29.2 Å². The Kier molecular flexibility index (Phi) is 13.5. The van der Waals surface area contributed by atoms with Crippen LogP contribution in [0.3, 0.4) is 0 Å². The van der Waals surface area contributed by atoms with E-state index in [0.29, 0.717) is 13.2 Å². The molecule has 0 aromatic carbocycles. The zero-order valence-corrected chi connectivity index (χ0v) is 10.3. The predicted molar refractivity (Wildman–Crippen MR) is 58.2 cm³/mol. The van der Waals surface area contributed by atoms with Crippen LogP contribution in [0.1, 0.15) is 13.8 Å². The SMILES string of the molecule is CC(C)NOCCOOCCOOCCON. The van der Waals surface area contributed by atoms with Gasteiger partial charge in [0.15, 0.2) is 0 Å². The van der Waals surface area contributed by atoms with E-state index >= 15 is 0 Å². The Morgan fingerprint density at radius 2 is 1.29 bits per heavy atom. The van der Waals surface area contributed by atoms with Crippen LogP contribution in [0.2, 0.25) is 0 Å². The van der Waals surface area contributed by atoms with Crippen LogP contribution in [0.5, 0.6) is 0 Å². The van der Waals surface area contributed by atoms with E-state index < -0.39 is 0 Å². The van der Waals surface area contributed by atoms with E-state index in [2.05, 4.69) is 15.2 Å². The Balaban J connectivity index is 2.89. The van der Waals surface area contributed by atoms with Crippen LogP contribution in [0.25, 0.3) is 0 Å². The molecule has 0 unspecified atom stereocenters. The highest BCUT2D eigenvalue weighted by Gasteiger charge is 1.94. The summed E-state index contributed by atoms with van der Waals surface area (Å²) in [5, 5.41) is 0. The molecule has 0 aliphatic carbocycles. The molecule has 0 aromatic heterocycles. The number of hydroxylamine groups is 1. The summed E-state index contributed by atoms with van der Waals surface area (Å²) in [6, 6.07) is 0.277. The van der Waals surface area contributed by atoms with Crippen LogP contribution in [0.4, 0.5) is 0 Å². The van der Waals surface area contributed by atoms with Crippen molar-refractivity contribution in [3.63, 3.8) is 0 Å². The van der Waals surface area contributed by atoms with Crippen molar-refractivity contribution in [3.05, 3.63) is 0 Å². The van der Waals surface area contributed by atoms with Gasteiger partial charge in [-0.25, -0.2) is 25.4 Å². The number of nitrogens with two attached hydrogens (primary N) is 1. The normalized spacial score (nSPS) is 11.3. The first-order valence-electron chi connectivity index (χ1n) is 5.45. The summed E-state index contributed by atoms with van der Waals surface area (Å²) in [6.45, 7) is 5.76. The smallest absolute Gasteiger partial charge is 0.109 e. The molecule has 3 N–H and O–H groups in total. The molecular formula is C9H22N2O6. The second-order valence-electron chi connectivity index (χ2n) is 3.28. The Morgan fingerprint density at radius 3 is 1.76 bits per heavy atom. The summed E-state index contributed by atoms with van der Waals surface area (Å²) in [7, 11) is 0. The van der Waals surface area contributed by atoms with Crippen molar-refractivity contribution in [2.45, 2.75) is 19.9 Å². The monoisotopic (exact) mass is 254 g/mol. The van der Waals surface area contributed by atoms with Crippen molar-refractivity contribution in [2.24, 2.45) is 5.90 Å². The summed E-state index contributed by atoms with van der Waals surface area (Å²) < 4.78 is 0. The van der Waals surface area contributed by atoms with E-state index in [4.69, 9.17) is 25.4 Å². The highest BCUT2D eigenvalue weighted by Crippen LogP contribution is 1.84. The highest BCUT2D eigenvalue weighted by atomic mass is 17.2. The van der Waals surface area contributed by atoms with Gasteiger partial charge in [0, 0.05) is 6.04 Å². The molecule has 17 heavy (non-hydrogen) atoms. The number of hydrogen-bond acceptors (Lipinski definition) is 8. The average Bonchev–Trinajstić information content (AvgIpc) is 2.30. The first-order valence-corrected chi connectivity index (χ1v) is 5.45. The van der Waals surface area contributed by atoms with Crippen molar-refractivity contribution in [2.75, 3.05) is 39.6 Å². The minimum Gasteiger partial charge on any atom is -0.302 e. The standard InChI is InChI=1S/C9H22N2O6/c1-9(2)11-13-4-6-15-17-8-7-16-14-5-3-12-10/h9,11H,3-8,10H2,1-2H3. The van der Waals surface area contributed by atoms with Crippen molar-refractivity contribution >= 4 is 0 Å². The lowest BCUT2D eigenvalue weighted by molar-refractivity contribution is -0.344. The van der Waals surface area contributed by atoms with Gasteiger partial charge >= 0.3 is 0 Å². The Bertz CT molecular complexity index is 149. The molecule has 104 valence electrons. The zero-order valence-electron chi connectivity index (χ0n) is 10.3. The number of hydrogen-bond donors (Lipinski definition) is 2. The number of nitrogens with one attached hydrogen (secondary N) is 1. The maximum absolute atomic E-state index is 5.03. The van der Waals surface area contributed by atoms with Gasteiger partial charge < -0.3 is 4.84 Å². The van der Waals surface area contributed by atoms with Crippen LogP contribution >= 0.6 is 0 Å². The third kappa shape index (κ3) is 15.7. The lowest BCUT2D eigenvalue weighted by Gasteiger charge is -2.08. The molecule has 0 atom stereocenters. The molecule has 0 saturated heterocycles. The van der Waals surface area contributed by atoms with Gasteiger partial charge in [0.25, 0.3) is 0 Å². The van der Waals surface area contributed by atoms with E-state index in [0.717, 1.165) is 0 Å². The Labute approximate surface area is 101 Å². The molecule has 8 nitrogen and oxygen atoms in total. The fourth-order valence-corrected chi connectivity index (χ4v) is 0.687. The fraction of sp³-hybridized carbons (Fsp3) is 1.00. The molecule has 0 radical (unpaired) electrons. The van der Waals surface area contributed by atoms with Crippen LogP contribution in [0, 0.1) is 0 Å². The van der Waals surface area contributed by atoms with Crippen molar-refractivity contribution < 1.29 is 29.2 Å². The van der Waals surface area contributed by atoms with Gasteiger partial charge in [-0.05, 0) is 13.8 Å². The molecule has 8 heteroatoms. The second kappa shape index (κ2) is 13.7. The van der Waals surface area contributed by atoms with Crippen LogP contribution in [-0.4, -0.2) is 45.7 Å². The summed E-state index contributed by atoms with van der Waals surface area (Å²) >= 11 is 0. The van der Waals surface area contributed by atoms with E-state index in [1.54, 1.807) is 0 Å². The zero-order chi connectivity index (χ0) is 12.8. The molecule has 0 aliphatic rings. The third-order valence-corrected chi connectivity index (χ3v) is 1.29. The van der Waals surface area contributed by atoms with Crippen molar-refractivity contribution in [3.8, 4) is 0 Å². The quantitative estimate of drug-likeness (QED) is 0.263. The maximum Gasteiger partial charge on any atom is 0.109 e. The highest BCUT2D eigenvalue weighted by molar-refractivity contribution is 4.38. The summed E-state index contributed by atoms with van der Waals surface area (Å²) in [5.74, 6) is 4.77. The molecular weight excluding hydrogens is 232 g/mol. The molecule has 0 rings (SSSR count). The van der Waals surface area contributed by atoms with Crippen molar-refractivity contribution in [1.29, 1.82) is 0 Å². The average molecular weight is 254 g/mol. The van der Waals surface area contributed by atoms with Gasteiger partial charge in [-0.2, -0.15) is 5.48 Å². The van der Waals surface area contributed by atoms with Crippen LogP contribution < -0.4 is 11.4 Å². The van der Waals surface area contributed by atoms with Crippen molar-refractivity contribution in [1.82, 2.24) is 5.48 Å². The number of rotatable bonds is 13. The van der Waals surface area contributed by atoms with Gasteiger partial charge in [-0.1, -0.05) is 0 Å². The van der Waals surface area contributed by atoms with Gasteiger partial charge in [0.05, 0.1) is 13.2 Å². The molecule has 0 heterocycles. The van der Waals surface area contributed by atoms with Gasteiger partial charge in [0.1, 0.15) is 26.4 Å². The summed E-state index contributed by atoms with van der Waals surface area (Å²) in [5.41, 5.74) is 2.77. The summed E-state index contributed by atoms with van der Waals surface area (Å²) in [4.78, 5) is 28.2. The van der Waals surface area contributed by atoms with E-state index in [-0.39, 0.29) is 32.5 Å². The molecule has 0 spiro atoms. The molecule has 0 fully saturated rings. The lowest BCUT2D eigenvalue weighted by Crippen LogP contribution is -2.25. The van der Waals surface area contributed by atoms with Gasteiger partial charge in [0.2, 0.25) is 0 Å². The third-order valence-electron chi connectivity index (χ3n) is 1.29. The van der Waals surface area contributed by atoms with Crippen LogP contribution in [0.15, 0.2) is 0 Å². The lowest BCUT2D eigenvalue weighted by atomic mass is 10.4. The molecule has 0 aliphatic heterocycles. The molecule has 0 aromatic rings. The van der Waals surface area contributed by atoms with E-state index in [1.165, 1.54) is 0 Å². The Morgan fingerprint density at radius 1 is 0.824 bits per heavy atom. The molecule has 0 amide bonds. The maximum atomic E-state index is 5.03. The fourth-order valence-electron chi connectivity index (χ4n) is 0.687. The van der Waals surface area contributed by atoms with E-state index in [1.807, 2.05) is 13.8 Å². The van der Waals surface area contributed by atoms with Gasteiger partial charge in [-0.3, -0.25) is 4.84 Å². The largest absolute Gasteiger partial charge is 0.302 e. The van der Waals surface area contributed by atoms with Gasteiger partial charge in [-0.15, -0.1) is 0 Å². The first-order chi connectivity index (χ1) is 8.27. The topological polar surface area (TPSA) is 93.4 Å². The summed E-state index contributed by atoms with van der Waals surface area (Å²) in [6.07, 6.45) is 0. The molecule has 0 saturated carbocycles. The second-order valence-corrected chi connectivity index (χ2v) is 3.28. The minimum absolute atomic E-state index is 0.260. The molecule has 0 bridgehead atoms. The minimum atomic E-state index is 0.260.